The minimum atomic E-state index is 0.496. The fourth-order valence-corrected chi connectivity index (χ4v) is 5.92. The van der Waals surface area contributed by atoms with E-state index in [4.69, 9.17) is 19.4 Å². The van der Waals surface area contributed by atoms with E-state index in [9.17, 15) is 10.5 Å². The lowest BCUT2D eigenvalue weighted by Crippen LogP contribution is -2.00. The zero-order valence-electron chi connectivity index (χ0n) is 24.9. The van der Waals surface area contributed by atoms with Crippen molar-refractivity contribution in [3.63, 3.8) is 0 Å². The van der Waals surface area contributed by atoms with Gasteiger partial charge < -0.3 is 4.42 Å². The van der Waals surface area contributed by atoms with E-state index in [2.05, 4.69) is 36.4 Å². The molecular weight excluding hydrogens is 578 g/mol. The topological polar surface area (TPSA) is 99.4 Å². The van der Waals surface area contributed by atoms with Crippen LogP contribution in [0.25, 0.3) is 78.4 Å². The first-order valence-corrected chi connectivity index (χ1v) is 15.1. The van der Waals surface area contributed by atoms with Gasteiger partial charge in [-0.3, -0.25) is 0 Å². The van der Waals surface area contributed by atoms with Crippen LogP contribution < -0.4 is 0 Å². The number of nitrogens with zero attached hydrogens (tertiary/aromatic N) is 5. The molecule has 0 atom stereocenters. The van der Waals surface area contributed by atoms with E-state index in [1.165, 1.54) is 0 Å². The van der Waals surface area contributed by atoms with Crippen LogP contribution in [0, 0.1) is 22.7 Å². The summed E-state index contributed by atoms with van der Waals surface area (Å²) in [5.74, 6) is 1.60. The Labute approximate surface area is 270 Å². The largest absolute Gasteiger partial charge is 0.456 e. The van der Waals surface area contributed by atoms with Crippen LogP contribution in [0.3, 0.4) is 0 Å². The van der Waals surface area contributed by atoms with Gasteiger partial charge in [-0.2, -0.15) is 10.5 Å². The zero-order valence-corrected chi connectivity index (χ0v) is 24.9. The van der Waals surface area contributed by atoms with Crippen LogP contribution in [0.4, 0.5) is 0 Å². The highest BCUT2D eigenvalue weighted by Gasteiger charge is 2.17. The summed E-state index contributed by atoms with van der Waals surface area (Å²) in [6.07, 6.45) is 0. The van der Waals surface area contributed by atoms with Crippen molar-refractivity contribution in [3.05, 3.63) is 151 Å². The Morgan fingerprint density at radius 2 is 1.04 bits per heavy atom. The smallest absolute Gasteiger partial charge is 0.164 e. The van der Waals surface area contributed by atoms with Gasteiger partial charge in [-0.15, -0.1) is 0 Å². The van der Waals surface area contributed by atoms with Gasteiger partial charge in [0, 0.05) is 33.0 Å². The van der Waals surface area contributed by atoms with E-state index in [0.29, 0.717) is 34.2 Å². The van der Waals surface area contributed by atoms with Crippen LogP contribution in [0.15, 0.2) is 144 Å². The highest BCUT2D eigenvalue weighted by Crippen LogP contribution is 2.38. The molecule has 0 fully saturated rings. The van der Waals surface area contributed by atoms with Crippen LogP contribution in [0.5, 0.6) is 0 Å². The van der Waals surface area contributed by atoms with Crippen LogP contribution in [0.1, 0.15) is 11.1 Å². The summed E-state index contributed by atoms with van der Waals surface area (Å²) >= 11 is 0. The molecule has 2 heterocycles. The van der Waals surface area contributed by atoms with Crippen LogP contribution in [-0.4, -0.2) is 15.0 Å². The zero-order chi connectivity index (χ0) is 31.7. The van der Waals surface area contributed by atoms with Gasteiger partial charge in [-0.1, -0.05) is 103 Å². The molecule has 2 aromatic heterocycles. The Morgan fingerprint density at radius 3 is 1.72 bits per heavy atom. The second kappa shape index (κ2) is 11.6. The fourth-order valence-electron chi connectivity index (χ4n) is 5.92. The van der Waals surface area contributed by atoms with Crippen molar-refractivity contribution in [1.29, 1.82) is 10.5 Å². The Bertz CT molecular complexity index is 2520. The summed E-state index contributed by atoms with van der Waals surface area (Å²) in [4.78, 5) is 14.7. The number of rotatable bonds is 5. The minimum Gasteiger partial charge on any atom is -0.456 e. The lowest BCUT2D eigenvalue weighted by molar-refractivity contribution is 0.669. The molecule has 0 amide bonds. The minimum absolute atomic E-state index is 0.496. The van der Waals surface area contributed by atoms with Gasteiger partial charge in [0.15, 0.2) is 17.5 Å². The van der Waals surface area contributed by atoms with E-state index < -0.39 is 0 Å². The Balaban J connectivity index is 1.24. The number of nitriles is 2. The van der Waals surface area contributed by atoms with E-state index in [1.54, 1.807) is 18.2 Å². The summed E-state index contributed by atoms with van der Waals surface area (Å²) in [6.45, 7) is 0. The van der Waals surface area contributed by atoms with E-state index in [0.717, 1.165) is 55.3 Å². The van der Waals surface area contributed by atoms with Gasteiger partial charge in [0.2, 0.25) is 0 Å². The van der Waals surface area contributed by atoms with Crippen molar-refractivity contribution in [2.75, 3.05) is 0 Å². The third-order valence-electron chi connectivity index (χ3n) is 8.23. The number of hydrogen-bond acceptors (Lipinski definition) is 6. The van der Waals surface area contributed by atoms with Crippen molar-refractivity contribution in [1.82, 2.24) is 15.0 Å². The summed E-state index contributed by atoms with van der Waals surface area (Å²) in [5.41, 5.74) is 8.82. The maximum atomic E-state index is 9.66. The van der Waals surface area contributed by atoms with Gasteiger partial charge in [0.1, 0.15) is 11.2 Å². The molecule has 0 N–H and O–H groups in total. The Kier molecular flexibility index (Phi) is 6.80. The molecule has 0 saturated heterocycles. The Morgan fingerprint density at radius 1 is 0.447 bits per heavy atom. The van der Waals surface area contributed by atoms with Gasteiger partial charge in [-0.05, 0) is 53.1 Å². The molecule has 6 aromatic carbocycles. The molecule has 47 heavy (non-hydrogen) atoms. The van der Waals surface area contributed by atoms with E-state index in [1.807, 2.05) is 97.1 Å². The molecule has 8 aromatic rings. The van der Waals surface area contributed by atoms with E-state index in [-0.39, 0.29) is 0 Å². The predicted molar refractivity (Wildman–Crippen MR) is 184 cm³/mol. The maximum Gasteiger partial charge on any atom is 0.164 e. The van der Waals surface area contributed by atoms with Gasteiger partial charge in [0.25, 0.3) is 0 Å². The second-order valence-corrected chi connectivity index (χ2v) is 11.1. The molecule has 218 valence electrons. The van der Waals surface area contributed by atoms with Crippen molar-refractivity contribution < 1.29 is 4.42 Å². The quantitative estimate of drug-likeness (QED) is 0.195. The standard InChI is InChI=1S/C41H23N5O/c42-24-26-14-15-32(25-43)35(22-26)28-16-18-30(19-17-28)40-44-39(29-10-5-2-6-11-29)45-41(46-40)31-20-21-34-37(23-31)47-36-13-7-12-33(38(34)36)27-8-3-1-4-9-27/h1-23H. The molecule has 6 nitrogen and oxygen atoms in total. The summed E-state index contributed by atoms with van der Waals surface area (Å²) < 4.78 is 6.38. The summed E-state index contributed by atoms with van der Waals surface area (Å²) in [7, 11) is 0. The molecule has 0 aliphatic carbocycles. The van der Waals surface area contributed by atoms with E-state index >= 15 is 0 Å². The summed E-state index contributed by atoms with van der Waals surface area (Å²) in [5, 5.41) is 21.2. The van der Waals surface area contributed by atoms with Crippen molar-refractivity contribution in [2.24, 2.45) is 0 Å². The molecule has 0 aliphatic rings. The number of furan rings is 1. The first kappa shape index (κ1) is 27.6. The molecule has 0 unspecified atom stereocenters. The average Bonchev–Trinajstić information content (AvgIpc) is 3.53. The highest BCUT2D eigenvalue weighted by atomic mass is 16.3. The Hall–Kier alpha value is -6.89. The maximum absolute atomic E-state index is 9.66. The highest BCUT2D eigenvalue weighted by molar-refractivity contribution is 6.13. The van der Waals surface area contributed by atoms with Crippen molar-refractivity contribution in [3.8, 4) is 68.6 Å². The average molecular weight is 602 g/mol. The lowest BCUT2D eigenvalue weighted by atomic mass is 9.97. The van der Waals surface area contributed by atoms with Crippen LogP contribution >= 0.6 is 0 Å². The number of aromatic nitrogens is 3. The molecule has 8 rings (SSSR count). The second-order valence-electron chi connectivity index (χ2n) is 11.1. The molecule has 0 aliphatic heterocycles. The number of hydrogen-bond donors (Lipinski definition) is 0. The van der Waals surface area contributed by atoms with Gasteiger partial charge >= 0.3 is 0 Å². The number of benzene rings is 6. The van der Waals surface area contributed by atoms with Crippen molar-refractivity contribution >= 4 is 21.9 Å². The molecule has 0 saturated carbocycles. The van der Waals surface area contributed by atoms with Gasteiger partial charge in [-0.25, -0.2) is 15.0 Å². The SMILES string of the molecule is N#Cc1ccc(C#N)c(-c2ccc(-c3nc(-c4ccccc4)nc(-c4ccc5c(c4)oc4cccc(-c6ccccc6)c45)n3)cc2)c1. The molecule has 0 spiro atoms. The molecule has 0 bridgehead atoms. The monoisotopic (exact) mass is 601 g/mol. The van der Waals surface area contributed by atoms with Gasteiger partial charge in [0.05, 0.1) is 23.3 Å². The molecular formula is C41H23N5O. The third-order valence-corrected chi connectivity index (χ3v) is 8.23. The lowest BCUT2D eigenvalue weighted by Gasteiger charge is -2.10. The third kappa shape index (κ3) is 5.07. The predicted octanol–water partition coefficient (Wildman–Crippen LogP) is 9.85. The first-order valence-electron chi connectivity index (χ1n) is 15.1. The first-order chi connectivity index (χ1) is 23.2. The normalized spacial score (nSPS) is 10.9. The molecule has 6 heteroatoms. The van der Waals surface area contributed by atoms with Crippen molar-refractivity contribution in [2.45, 2.75) is 0 Å². The fraction of sp³-hybridized carbons (Fsp3) is 0. The van der Waals surface area contributed by atoms with Crippen LogP contribution in [0.2, 0.25) is 0 Å². The van der Waals surface area contributed by atoms with Crippen LogP contribution in [-0.2, 0) is 0 Å². The summed E-state index contributed by atoms with van der Waals surface area (Å²) in [6, 6.07) is 49.5. The number of fused-ring (bicyclic) bond motifs is 3. The molecule has 0 radical (unpaired) electrons.